The van der Waals surface area contributed by atoms with Gasteiger partial charge in [0.25, 0.3) is 11.8 Å². The molecule has 1 aromatic heterocycles. The van der Waals surface area contributed by atoms with Gasteiger partial charge in [-0.05, 0) is 32.1 Å². The minimum absolute atomic E-state index is 0.0748. The van der Waals surface area contributed by atoms with Crippen molar-refractivity contribution in [1.82, 2.24) is 15.2 Å². The van der Waals surface area contributed by atoms with Gasteiger partial charge in [-0.15, -0.1) is 0 Å². The molecule has 2 atom stereocenters. The number of aliphatic carboxylic acids is 1. The lowest BCUT2D eigenvalue weighted by Gasteiger charge is -2.37. The summed E-state index contributed by atoms with van der Waals surface area (Å²) in [5.41, 5.74) is 5.52. The number of aliphatic imine (C=N–C) groups is 1. The van der Waals surface area contributed by atoms with E-state index >= 15 is 0 Å². The number of carboxylic acids is 1. The van der Waals surface area contributed by atoms with E-state index in [1.54, 1.807) is 0 Å². The van der Waals surface area contributed by atoms with Crippen molar-refractivity contribution in [3.8, 4) is 0 Å². The molecule has 160 valence electrons. The summed E-state index contributed by atoms with van der Waals surface area (Å²) in [4.78, 5) is 45.1. The zero-order chi connectivity index (χ0) is 22.3. The number of nitrogens with zero attached hydrogens (tertiary/aromatic N) is 3. The molecule has 0 aromatic carbocycles. The largest absolute Gasteiger partial charge is 0.480 e. The van der Waals surface area contributed by atoms with Crippen LogP contribution in [0, 0.1) is 0 Å². The zero-order valence-corrected chi connectivity index (χ0v) is 17.1. The van der Waals surface area contributed by atoms with Crippen molar-refractivity contribution in [3.63, 3.8) is 0 Å². The van der Waals surface area contributed by atoms with Gasteiger partial charge in [0, 0.05) is 18.3 Å². The highest BCUT2D eigenvalue weighted by Crippen LogP contribution is 2.48. The summed E-state index contributed by atoms with van der Waals surface area (Å²) in [6, 6.07) is 1.40. The van der Waals surface area contributed by atoms with Crippen molar-refractivity contribution in [1.29, 1.82) is 0 Å². The van der Waals surface area contributed by atoms with E-state index in [1.807, 2.05) is 0 Å². The predicted molar refractivity (Wildman–Crippen MR) is 107 cm³/mol. The van der Waals surface area contributed by atoms with E-state index in [2.05, 4.69) is 15.3 Å². The fraction of sp³-hybridized carbons (Fsp3) is 0.389. The number of carbonyl (C=O) groups excluding carboxylic acids is 2. The van der Waals surface area contributed by atoms with Gasteiger partial charge in [0.1, 0.15) is 4.75 Å². The fourth-order valence-electron chi connectivity index (χ4n) is 3.58. The van der Waals surface area contributed by atoms with Gasteiger partial charge in [0.2, 0.25) is 0 Å². The maximum atomic E-state index is 12.9. The third-order valence-corrected chi connectivity index (χ3v) is 7.94. The Bertz CT molecular complexity index is 1080. The molecule has 2 aliphatic rings. The molecule has 1 unspecified atom stereocenters. The number of nitrogens with one attached hydrogen (secondary N) is 1. The van der Waals surface area contributed by atoms with E-state index in [-0.39, 0.29) is 23.4 Å². The van der Waals surface area contributed by atoms with Gasteiger partial charge < -0.3 is 21.1 Å². The van der Waals surface area contributed by atoms with Crippen LogP contribution in [0.2, 0.25) is 0 Å². The van der Waals surface area contributed by atoms with E-state index < -0.39 is 43.8 Å². The molecule has 3 rings (SSSR count). The Morgan fingerprint density at radius 3 is 2.77 bits per heavy atom. The highest BCUT2D eigenvalue weighted by atomic mass is 32.2. The minimum atomic E-state index is -3.98. The van der Waals surface area contributed by atoms with Gasteiger partial charge in [-0.3, -0.25) is 19.6 Å². The second-order valence-corrected chi connectivity index (χ2v) is 9.92. The van der Waals surface area contributed by atoms with E-state index in [0.29, 0.717) is 6.54 Å². The highest BCUT2D eigenvalue weighted by molar-refractivity contribution is 7.94. The monoisotopic (exact) mass is 435 g/mol. The van der Waals surface area contributed by atoms with E-state index in [1.165, 1.54) is 38.3 Å². The van der Waals surface area contributed by atoms with Gasteiger partial charge in [-0.2, -0.15) is 0 Å². The van der Waals surface area contributed by atoms with E-state index in [9.17, 15) is 27.9 Å². The maximum absolute atomic E-state index is 12.9. The Hall–Kier alpha value is -3.28. The fourth-order valence-corrected chi connectivity index (χ4v) is 5.70. The topological polar surface area (TPSA) is 172 Å². The number of amides is 2. The molecule has 4 N–H and O–H groups in total. The van der Waals surface area contributed by atoms with Crippen LogP contribution < -0.4 is 11.1 Å². The number of hydrogen-bond donors (Lipinski definition) is 3. The number of aromatic nitrogens is 1. The number of sulfone groups is 1. The first-order chi connectivity index (χ1) is 14.0. The summed E-state index contributed by atoms with van der Waals surface area (Å²) in [5, 5.41) is 10.7. The molecule has 2 saturated heterocycles. The van der Waals surface area contributed by atoms with Crippen LogP contribution in [0.3, 0.4) is 0 Å². The highest BCUT2D eigenvalue weighted by Gasteiger charge is 2.70. The molecule has 11 nitrogen and oxygen atoms in total. The van der Waals surface area contributed by atoms with Gasteiger partial charge in [-0.1, -0.05) is 0 Å². The molecule has 2 amide bonds. The summed E-state index contributed by atoms with van der Waals surface area (Å²) in [7, 11) is -3.98. The van der Waals surface area contributed by atoms with Crippen molar-refractivity contribution < 1.29 is 27.9 Å². The first-order valence-corrected chi connectivity index (χ1v) is 10.5. The first-order valence-electron chi connectivity index (χ1n) is 8.98. The third kappa shape index (κ3) is 3.22. The number of nitrogens with two attached hydrogens (primary N) is 1. The van der Waals surface area contributed by atoms with Crippen LogP contribution in [-0.2, 0) is 19.4 Å². The van der Waals surface area contributed by atoms with Crippen LogP contribution in [-0.4, -0.2) is 76.8 Å². The number of β-lactam (4-membered cyclic amide) rings is 1. The number of carbonyl (C=O) groups is 3. The first kappa shape index (κ1) is 21.4. The second-order valence-electron chi connectivity index (χ2n) is 7.33. The number of fused-ring (bicyclic) bond motifs is 1. The van der Waals surface area contributed by atoms with E-state index in [4.69, 9.17) is 5.73 Å². The SMILES string of the molecule is CC1(C)[C@H](C(=O)O)N2C(=O)/C(=C/c3cc(C(=O)NCCN=CN)ccn3)C2S1(=O)=O. The molecule has 1 aromatic rings. The number of carboxylic acid groups (broad SMARTS) is 1. The molecular weight excluding hydrogens is 414 g/mol. The van der Waals surface area contributed by atoms with Crippen LogP contribution in [0.1, 0.15) is 29.9 Å². The average Bonchev–Trinajstić information content (AvgIpc) is 2.83. The Kier molecular flexibility index (Phi) is 5.37. The molecule has 0 saturated carbocycles. The van der Waals surface area contributed by atoms with Crippen LogP contribution in [0.25, 0.3) is 6.08 Å². The molecule has 0 radical (unpaired) electrons. The number of hydrogen-bond acceptors (Lipinski definition) is 7. The Morgan fingerprint density at radius 2 is 2.13 bits per heavy atom. The second kappa shape index (κ2) is 7.52. The molecule has 2 fully saturated rings. The van der Waals surface area contributed by atoms with Crippen LogP contribution in [0.4, 0.5) is 0 Å². The van der Waals surface area contributed by atoms with Gasteiger partial charge in [-0.25, -0.2) is 13.2 Å². The Morgan fingerprint density at radius 1 is 1.43 bits per heavy atom. The lowest BCUT2D eigenvalue weighted by Crippen LogP contribution is -2.58. The molecule has 0 aliphatic carbocycles. The number of rotatable bonds is 6. The van der Waals surface area contributed by atoms with Crippen molar-refractivity contribution in [2.24, 2.45) is 10.7 Å². The molecule has 0 bridgehead atoms. The average molecular weight is 435 g/mol. The molecule has 2 aliphatic heterocycles. The summed E-state index contributed by atoms with van der Waals surface area (Å²) >= 11 is 0. The van der Waals surface area contributed by atoms with Gasteiger partial charge in [0.15, 0.2) is 21.3 Å². The third-order valence-electron chi connectivity index (χ3n) is 5.18. The summed E-state index contributed by atoms with van der Waals surface area (Å²) in [6.45, 7) is 3.17. The normalized spacial score (nSPS) is 25.2. The lowest BCUT2D eigenvalue weighted by molar-refractivity contribution is -0.152. The van der Waals surface area contributed by atoms with Crippen molar-refractivity contribution >= 4 is 40.0 Å². The predicted octanol–water partition coefficient (Wildman–Crippen LogP) is -0.990. The standard InChI is InChI=1S/C18H21N5O6S/c1-18(2)13(17(26)27)23-15(25)12(16(23)30(18,28)29)8-11-7-10(3-4-21-11)14(24)22-6-5-20-9-19/h3-4,7-9,13,16H,5-6H2,1-2H3,(H2,19,20)(H,22,24)(H,26,27)/b12-8-/t13-,16?/m0/s1. The molecule has 12 heteroatoms. The Balaban J connectivity index is 1.88. The quantitative estimate of drug-likeness (QED) is 0.168. The van der Waals surface area contributed by atoms with Crippen LogP contribution in [0.15, 0.2) is 28.9 Å². The van der Waals surface area contributed by atoms with Crippen LogP contribution >= 0.6 is 0 Å². The zero-order valence-electron chi connectivity index (χ0n) is 16.3. The van der Waals surface area contributed by atoms with Crippen molar-refractivity contribution in [3.05, 3.63) is 35.2 Å². The molecule has 30 heavy (non-hydrogen) atoms. The van der Waals surface area contributed by atoms with E-state index in [0.717, 1.165) is 11.2 Å². The minimum Gasteiger partial charge on any atom is -0.480 e. The molecule has 3 heterocycles. The summed E-state index contributed by atoms with van der Waals surface area (Å²) in [5.74, 6) is -2.46. The molecule has 0 spiro atoms. The summed E-state index contributed by atoms with van der Waals surface area (Å²) in [6.07, 6.45) is 3.76. The molecular formula is C18H21N5O6S. The van der Waals surface area contributed by atoms with Crippen molar-refractivity contribution in [2.75, 3.05) is 13.1 Å². The summed E-state index contributed by atoms with van der Waals surface area (Å²) < 4.78 is 24.1. The van der Waals surface area contributed by atoms with Crippen LogP contribution in [0.5, 0.6) is 0 Å². The lowest BCUT2D eigenvalue weighted by atomic mass is 9.95. The van der Waals surface area contributed by atoms with Gasteiger partial charge >= 0.3 is 5.97 Å². The van der Waals surface area contributed by atoms with Crippen molar-refractivity contribution in [2.45, 2.75) is 30.0 Å². The smallest absolute Gasteiger partial charge is 0.328 e. The number of pyridine rings is 1. The Labute approximate surface area is 172 Å². The van der Waals surface area contributed by atoms with Gasteiger partial charge in [0.05, 0.1) is 24.2 Å². The maximum Gasteiger partial charge on any atom is 0.328 e.